The molecule has 0 N–H and O–H groups in total. The van der Waals surface area contributed by atoms with Crippen LogP contribution >= 0.6 is 0 Å². The fourth-order valence-corrected chi connectivity index (χ4v) is 7.80. The Hall–Kier alpha value is -1.62. The number of methoxy groups -OCH3 is 1. The van der Waals surface area contributed by atoms with E-state index in [1.807, 2.05) is 26.2 Å². The minimum Gasteiger partial charge on any atom is -0.467 e. The number of hydrogen-bond donors (Lipinski definition) is 0. The Morgan fingerprint density at radius 1 is 1.02 bits per heavy atom. The summed E-state index contributed by atoms with van der Waals surface area (Å²) in [6.07, 6.45) is -2.61. The van der Waals surface area contributed by atoms with E-state index >= 15 is 0 Å². The Morgan fingerprint density at radius 3 is 2.07 bits per heavy atom. The third-order valence-electron chi connectivity index (χ3n) is 9.50. The highest BCUT2D eigenvalue weighted by Crippen LogP contribution is 2.59. The van der Waals surface area contributed by atoms with Crippen molar-refractivity contribution >= 4 is 34.5 Å². The molecule has 0 aliphatic carbocycles. The van der Waals surface area contributed by atoms with Gasteiger partial charge in [-0.05, 0) is 36.3 Å². The number of cyclic esters (lactones) is 1. The van der Waals surface area contributed by atoms with Crippen LogP contribution in [0.25, 0.3) is 0 Å². The summed E-state index contributed by atoms with van der Waals surface area (Å²) in [6, 6.07) is 0. The van der Waals surface area contributed by atoms with E-state index in [9.17, 15) is 14.4 Å². The van der Waals surface area contributed by atoms with Crippen molar-refractivity contribution < 1.29 is 51.7 Å². The zero-order valence-corrected chi connectivity index (χ0v) is 28.6. The second kappa shape index (κ2) is 10.8. The molecule has 0 radical (unpaired) electrons. The van der Waals surface area contributed by atoms with Gasteiger partial charge in [-0.2, -0.15) is 0 Å². The molecule has 0 bridgehead atoms. The van der Waals surface area contributed by atoms with Gasteiger partial charge in [-0.1, -0.05) is 47.6 Å². The predicted octanol–water partition coefficient (Wildman–Crippen LogP) is 4.21. The summed E-state index contributed by atoms with van der Waals surface area (Å²) in [5, 5.41) is -0.576. The lowest BCUT2D eigenvalue weighted by Gasteiger charge is -2.49. The molecule has 0 saturated carbocycles. The van der Waals surface area contributed by atoms with E-state index in [0.29, 0.717) is 0 Å². The highest BCUT2D eigenvalue weighted by molar-refractivity contribution is 6.74. The summed E-state index contributed by atoms with van der Waals surface area (Å²) >= 11 is 0. The number of hydrogen-bond acceptors (Lipinski definition) is 11. The van der Waals surface area contributed by atoms with Crippen molar-refractivity contribution in [3.05, 3.63) is 12.7 Å². The number of rotatable bonds is 8. The fraction of sp³-hybridized carbons (Fsp3) is 0.821. The highest BCUT2D eigenvalue weighted by Gasteiger charge is 2.86. The van der Waals surface area contributed by atoms with Gasteiger partial charge in [0.05, 0.1) is 7.11 Å². The molecule has 0 aromatic carbocycles. The zero-order valence-electron chi connectivity index (χ0n) is 26.6. The van der Waals surface area contributed by atoms with E-state index in [1.54, 1.807) is 0 Å². The quantitative estimate of drug-likeness (QED) is 0.168. The van der Waals surface area contributed by atoms with Crippen LogP contribution in [0.1, 0.15) is 54.9 Å². The Balaban J connectivity index is 2.47. The Kier molecular flexibility index (Phi) is 8.95. The molecule has 0 aromatic heterocycles. The molecule has 6 atom stereocenters. The predicted molar refractivity (Wildman–Crippen MR) is 154 cm³/mol. The molecular weight excluding hydrogens is 568 g/mol. The first-order valence-electron chi connectivity index (χ1n) is 13.9. The van der Waals surface area contributed by atoms with Crippen LogP contribution in [0.5, 0.6) is 0 Å². The summed E-state index contributed by atoms with van der Waals surface area (Å²) in [5.41, 5.74) is -6.12. The van der Waals surface area contributed by atoms with Crippen LogP contribution in [0.15, 0.2) is 12.7 Å². The van der Waals surface area contributed by atoms with Crippen molar-refractivity contribution in [2.75, 3.05) is 20.5 Å². The molecule has 0 amide bonds. The van der Waals surface area contributed by atoms with Gasteiger partial charge in [-0.15, -0.1) is 6.58 Å². The molecule has 13 heteroatoms. The summed E-state index contributed by atoms with van der Waals surface area (Å²) in [5.74, 6) is -2.50. The van der Waals surface area contributed by atoms with Crippen LogP contribution in [0, 0.1) is 0 Å². The number of esters is 3. The number of carbonyl (C=O) groups is 3. The highest BCUT2D eigenvalue weighted by atomic mass is 28.4. The second-order valence-electron chi connectivity index (χ2n) is 14.1. The second-order valence-corrected chi connectivity index (χ2v) is 23.6. The van der Waals surface area contributed by atoms with Crippen molar-refractivity contribution in [1.82, 2.24) is 0 Å². The molecule has 3 aliphatic heterocycles. The molecule has 3 aliphatic rings. The molecule has 1 unspecified atom stereocenters. The van der Waals surface area contributed by atoms with E-state index in [4.69, 9.17) is 37.3 Å². The minimum atomic E-state index is -2.70. The third kappa shape index (κ3) is 5.14. The molecule has 0 aromatic rings. The molecule has 3 fully saturated rings. The van der Waals surface area contributed by atoms with Gasteiger partial charge in [-0.3, -0.25) is 4.79 Å². The average molecular weight is 617 g/mol. The summed E-state index contributed by atoms with van der Waals surface area (Å²) < 4.78 is 49.8. The van der Waals surface area contributed by atoms with Gasteiger partial charge < -0.3 is 37.3 Å². The van der Waals surface area contributed by atoms with Crippen molar-refractivity contribution in [1.29, 1.82) is 0 Å². The van der Waals surface area contributed by atoms with Crippen LogP contribution < -0.4 is 0 Å². The summed E-state index contributed by atoms with van der Waals surface area (Å²) in [6.45, 7) is 25.0. The van der Waals surface area contributed by atoms with Gasteiger partial charge in [0.1, 0.15) is 25.6 Å². The largest absolute Gasteiger partial charge is 0.467 e. The van der Waals surface area contributed by atoms with E-state index in [-0.39, 0.29) is 29.9 Å². The van der Waals surface area contributed by atoms with Crippen molar-refractivity contribution in [3.8, 4) is 0 Å². The average Bonchev–Trinajstić information content (AvgIpc) is 3.33. The van der Waals surface area contributed by atoms with Crippen molar-refractivity contribution in [2.24, 2.45) is 0 Å². The van der Waals surface area contributed by atoms with Crippen LogP contribution in [0.2, 0.25) is 36.3 Å². The van der Waals surface area contributed by atoms with Gasteiger partial charge in [0.15, 0.2) is 22.2 Å². The van der Waals surface area contributed by atoms with E-state index in [2.05, 4.69) is 48.1 Å². The first-order chi connectivity index (χ1) is 18.6. The maximum atomic E-state index is 13.9. The molecule has 3 saturated heterocycles. The maximum absolute atomic E-state index is 13.9. The van der Waals surface area contributed by atoms with Gasteiger partial charge in [0.25, 0.3) is 0 Å². The maximum Gasteiger partial charge on any atom is 0.345 e. The number of ether oxygens (including phenoxy) is 6. The fourth-order valence-electron chi connectivity index (χ4n) is 5.22. The van der Waals surface area contributed by atoms with Crippen molar-refractivity contribution in [3.63, 3.8) is 0 Å². The van der Waals surface area contributed by atoms with E-state index < -0.39 is 69.8 Å². The van der Waals surface area contributed by atoms with E-state index in [0.717, 1.165) is 0 Å². The first kappa shape index (κ1) is 33.9. The number of carbonyl (C=O) groups excluding carboxylic acids is 3. The van der Waals surface area contributed by atoms with Gasteiger partial charge >= 0.3 is 17.9 Å². The smallest absolute Gasteiger partial charge is 0.345 e. The Labute approximate surface area is 245 Å². The van der Waals surface area contributed by atoms with Crippen LogP contribution in [-0.2, 0) is 51.7 Å². The minimum absolute atomic E-state index is 0.253. The van der Waals surface area contributed by atoms with Crippen LogP contribution in [-0.4, -0.2) is 90.4 Å². The SMILES string of the molecule is C=CCC1(C(=O)OC)O[C@H](OC(C)=O)[C@@H](O[Si](C)(C)C(C)(C)C)[C@@H](O[Si](C)(C)C(C)(C)C)[C@@]23COC(=O)[C@@]12OCO3. The van der Waals surface area contributed by atoms with Gasteiger partial charge in [0, 0.05) is 13.3 Å². The molecular formula is C28H48O11Si2. The van der Waals surface area contributed by atoms with Crippen molar-refractivity contribution in [2.45, 2.75) is 126 Å². The Bertz CT molecular complexity index is 1060. The van der Waals surface area contributed by atoms with E-state index in [1.165, 1.54) is 20.1 Å². The molecule has 41 heavy (non-hydrogen) atoms. The van der Waals surface area contributed by atoms with Gasteiger partial charge in [-0.25, -0.2) is 9.59 Å². The summed E-state index contributed by atoms with van der Waals surface area (Å²) in [4.78, 5) is 40.3. The molecule has 3 heterocycles. The lowest BCUT2D eigenvalue weighted by Crippen LogP contribution is -2.74. The molecule has 0 spiro atoms. The van der Waals surface area contributed by atoms with Gasteiger partial charge in [0.2, 0.25) is 17.5 Å². The zero-order chi connectivity index (χ0) is 31.4. The topological polar surface area (TPSA) is 125 Å². The van der Waals surface area contributed by atoms with Crippen LogP contribution in [0.4, 0.5) is 0 Å². The first-order valence-corrected chi connectivity index (χ1v) is 19.8. The molecule has 3 rings (SSSR count). The molecule has 234 valence electrons. The lowest BCUT2D eigenvalue weighted by molar-refractivity contribution is -0.270. The molecule has 11 nitrogen and oxygen atoms in total. The third-order valence-corrected chi connectivity index (χ3v) is 18.4. The normalized spacial score (nSPS) is 34.2. The lowest BCUT2D eigenvalue weighted by atomic mass is 9.68. The summed E-state index contributed by atoms with van der Waals surface area (Å²) in [7, 11) is -4.20. The van der Waals surface area contributed by atoms with Crippen LogP contribution in [0.3, 0.4) is 0 Å². The Morgan fingerprint density at radius 2 is 1.59 bits per heavy atom. The monoisotopic (exact) mass is 616 g/mol. The standard InChI is InChI=1S/C28H48O11Si2/c1-14-15-26(22(30)32-9)28-23(31)33-16-27(28,34-17-35-28)20(39-41(12,13)25(6,7)8)19(21(37-26)36-18(2)29)38-40(10,11)24(3,4)5/h14,19-21H,1,15-17H2,2-13H3/t19-,20+,21-,26?,27-,28+/m0/s1.